The van der Waals surface area contributed by atoms with E-state index in [0.717, 1.165) is 46.8 Å². The van der Waals surface area contributed by atoms with Gasteiger partial charge in [0.25, 0.3) is 0 Å². The first-order valence-electron chi connectivity index (χ1n) is 11.8. The summed E-state index contributed by atoms with van der Waals surface area (Å²) in [6.07, 6.45) is 6.38. The van der Waals surface area contributed by atoms with Crippen molar-refractivity contribution in [3.05, 3.63) is 61.4 Å². The number of carboxylic acid groups (broad SMARTS) is 1. The second-order valence-corrected chi connectivity index (χ2v) is 8.91. The Kier molecular flexibility index (Phi) is 7.45. The summed E-state index contributed by atoms with van der Waals surface area (Å²) < 4.78 is 0. The third-order valence-electron chi connectivity index (χ3n) is 6.50. The molecule has 1 aliphatic rings. The molecule has 0 bridgehead atoms. The molecule has 1 saturated heterocycles. The number of urea groups is 1. The van der Waals surface area contributed by atoms with E-state index in [1.807, 2.05) is 37.3 Å². The highest BCUT2D eigenvalue weighted by atomic mass is 16.4. The van der Waals surface area contributed by atoms with E-state index in [4.69, 9.17) is 0 Å². The summed E-state index contributed by atoms with van der Waals surface area (Å²) in [6.45, 7) is 8.35. The molecule has 35 heavy (non-hydrogen) atoms. The van der Waals surface area contributed by atoms with Gasteiger partial charge in [-0.15, -0.1) is 0 Å². The molecule has 1 unspecified atom stereocenters. The standard InChI is InChI=1S/C26H31N6O3/c1-3-29-24(33)31-23-13-21-20(17-8-11-27-12-9-17)7-6-18(22(21)16-30-23)14-26(2,32-25(34)35)19-5-4-10-28-15-19/h6-9,11-13,16,19,28,32H,2-5,10,14-15H2,1H3,(H,34,35)(H2,29,30,31,33)/t19?,26-/m1/s1. The Bertz CT molecular complexity index is 1200. The van der Waals surface area contributed by atoms with Crippen LogP contribution in [0.4, 0.5) is 15.4 Å². The minimum Gasteiger partial charge on any atom is -0.465 e. The number of piperidine rings is 1. The number of amides is 3. The first-order chi connectivity index (χ1) is 16.9. The van der Waals surface area contributed by atoms with Gasteiger partial charge in [-0.25, -0.2) is 14.6 Å². The predicted octanol–water partition coefficient (Wildman–Crippen LogP) is 3.82. The van der Waals surface area contributed by atoms with Crippen molar-refractivity contribution >= 4 is 28.7 Å². The monoisotopic (exact) mass is 475 g/mol. The van der Waals surface area contributed by atoms with Crippen molar-refractivity contribution in [2.45, 2.75) is 31.7 Å². The summed E-state index contributed by atoms with van der Waals surface area (Å²) in [5, 5.41) is 22.9. The summed E-state index contributed by atoms with van der Waals surface area (Å²) in [5.74, 6) is 0.478. The second kappa shape index (κ2) is 10.7. The number of carbonyl (C=O) groups excluding carboxylic acids is 1. The Labute approximate surface area is 204 Å². The molecule has 3 amide bonds. The number of carbonyl (C=O) groups is 2. The molecule has 2 aromatic heterocycles. The van der Waals surface area contributed by atoms with Crippen molar-refractivity contribution in [3.8, 4) is 11.1 Å². The van der Waals surface area contributed by atoms with Crippen LogP contribution in [-0.4, -0.2) is 52.4 Å². The van der Waals surface area contributed by atoms with Crippen LogP contribution in [0.25, 0.3) is 21.9 Å². The minimum absolute atomic E-state index is 0.0499. The molecule has 9 nitrogen and oxygen atoms in total. The summed E-state index contributed by atoms with van der Waals surface area (Å²) >= 11 is 0. The average molecular weight is 476 g/mol. The lowest BCUT2D eigenvalue weighted by Gasteiger charge is -2.40. The average Bonchev–Trinajstić information content (AvgIpc) is 2.85. The number of hydrogen-bond donors (Lipinski definition) is 5. The lowest BCUT2D eigenvalue weighted by molar-refractivity contribution is 0.160. The van der Waals surface area contributed by atoms with Crippen LogP contribution in [0.3, 0.4) is 0 Å². The van der Waals surface area contributed by atoms with Gasteiger partial charge < -0.3 is 21.1 Å². The van der Waals surface area contributed by atoms with E-state index in [1.165, 1.54) is 0 Å². The zero-order valence-corrected chi connectivity index (χ0v) is 19.8. The van der Waals surface area contributed by atoms with Gasteiger partial charge in [0.15, 0.2) is 0 Å². The topological polar surface area (TPSA) is 128 Å². The lowest BCUT2D eigenvalue weighted by atomic mass is 9.76. The fraction of sp³-hybridized carbons (Fsp3) is 0.346. The maximum Gasteiger partial charge on any atom is 0.405 e. The Morgan fingerprint density at radius 3 is 2.71 bits per heavy atom. The van der Waals surface area contributed by atoms with Gasteiger partial charge in [0.2, 0.25) is 0 Å². The molecule has 1 aliphatic heterocycles. The van der Waals surface area contributed by atoms with Crippen molar-refractivity contribution in [3.63, 3.8) is 0 Å². The maximum atomic E-state index is 12.1. The summed E-state index contributed by atoms with van der Waals surface area (Å²) in [6, 6.07) is 9.41. The molecule has 1 aromatic carbocycles. The minimum atomic E-state index is -1.09. The van der Waals surface area contributed by atoms with E-state index in [0.29, 0.717) is 25.3 Å². The Balaban J connectivity index is 1.79. The van der Waals surface area contributed by atoms with Crippen LogP contribution >= 0.6 is 0 Å². The third-order valence-corrected chi connectivity index (χ3v) is 6.50. The fourth-order valence-electron chi connectivity index (χ4n) is 4.79. The smallest absolute Gasteiger partial charge is 0.405 e. The zero-order valence-electron chi connectivity index (χ0n) is 19.8. The number of aromatic nitrogens is 2. The first kappa shape index (κ1) is 24.4. The molecule has 9 heteroatoms. The molecule has 1 fully saturated rings. The summed E-state index contributed by atoms with van der Waals surface area (Å²) in [7, 11) is 0. The molecule has 0 saturated carbocycles. The van der Waals surface area contributed by atoms with Crippen molar-refractivity contribution in [1.29, 1.82) is 0 Å². The maximum absolute atomic E-state index is 12.1. The summed E-state index contributed by atoms with van der Waals surface area (Å²) in [4.78, 5) is 32.4. The van der Waals surface area contributed by atoms with Crippen LogP contribution in [-0.2, 0) is 6.42 Å². The number of nitrogens with one attached hydrogen (secondary N) is 4. The van der Waals surface area contributed by atoms with Gasteiger partial charge in [-0.2, -0.15) is 0 Å². The third kappa shape index (κ3) is 5.68. The molecular weight excluding hydrogens is 444 g/mol. The quantitative estimate of drug-likeness (QED) is 0.353. The van der Waals surface area contributed by atoms with Crippen LogP contribution in [0.1, 0.15) is 25.3 Å². The largest absolute Gasteiger partial charge is 0.465 e. The molecule has 0 aliphatic carbocycles. The molecule has 5 N–H and O–H groups in total. The van der Waals surface area contributed by atoms with Gasteiger partial charge in [0.05, 0.1) is 5.54 Å². The fourth-order valence-corrected chi connectivity index (χ4v) is 4.79. The number of nitrogens with zero attached hydrogens (tertiary/aromatic N) is 2. The molecule has 3 heterocycles. The second-order valence-electron chi connectivity index (χ2n) is 8.91. The van der Waals surface area contributed by atoms with Crippen molar-refractivity contribution < 1.29 is 14.7 Å². The molecular formula is C26H31N6O3. The number of anilines is 1. The highest BCUT2D eigenvalue weighted by Gasteiger charge is 2.37. The van der Waals surface area contributed by atoms with E-state index >= 15 is 0 Å². The number of benzene rings is 1. The van der Waals surface area contributed by atoms with Crippen molar-refractivity contribution in [2.24, 2.45) is 5.92 Å². The van der Waals surface area contributed by atoms with Crippen LogP contribution in [0.15, 0.2) is 48.9 Å². The molecule has 183 valence electrons. The predicted molar refractivity (Wildman–Crippen MR) is 136 cm³/mol. The van der Waals surface area contributed by atoms with Crippen LogP contribution in [0.5, 0.6) is 0 Å². The van der Waals surface area contributed by atoms with Gasteiger partial charge in [0.1, 0.15) is 5.82 Å². The van der Waals surface area contributed by atoms with Gasteiger partial charge in [0, 0.05) is 37.1 Å². The van der Waals surface area contributed by atoms with Crippen LogP contribution in [0, 0.1) is 12.8 Å². The van der Waals surface area contributed by atoms with E-state index in [-0.39, 0.29) is 11.9 Å². The Morgan fingerprint density at radius 1 is 1.23 bits per heavy atom. The normalized spacial score (nSPS) is 17.4. The van der Waals surface area contributed by atoms with Crippen LogP contribution < -0.4 is 21.3 Å². The molecule has 3 aromatic rings. The molecule has 2 atom stereocenters. The lowest BCUT2D eigenvalue weighted by Crippen LogP contribution is -2.56. The van der Waals surface area contributed by atoms with Gasteiger partial charge in [-0.1, -0.05) is 12.1 Å². The number of rotatable bonds is 7. The van der Waals surface area contributed by atoms with Gasteiger partial charge in [-0.3, -0.25) is 10.3 Å². The highest BCUT2D eigenvalue weighted by molar-refractivity contribution is 6.00. The zero-order chi connectivity index (χ0) is 24.8. The van der Waals surface area contributed by atoms with Crippen LogP contribution in [0.2, 0.25) is 0 Å². The molecule has 1 radical (unpaired) electrons. The first-order valence-corrected chi connectivity index (χ1v) is 11.8. The van der Waals surface area contributed by atoms with Crippen molar-refractivity contribution in [2.75, 3.05) is 25.0 Å². The van der Waals surface area contributed by atoms with Crippen molar-refractivity contribution in [1.82, 2.24) is 25.9 Å². The van der Waals surface area contributed by atoms with Gasteiger partial charge >= 0.3 is 12.1 Å². The van der Waals surface area contributed by atoms with E-state index in [2.05, 4.69) is 38.2 Å². The SMILES string of the molecule is [CH2][C@](Cc1ccc(-c2ccncc2)c2cc(NC(=O)NCC)ncc12)(NC(=O)O)C1CCCNC1. The van der Waals surface area contributed by atoms with E-state index in [1.54, 1.807) is 18.6 Å². The Morgan fingerprint density at radius 2 is 2.03 bits per heavy atom. The van der Waals surface area contributed by atoms with Gasteiger partial charge in [-0.05, 0) is 85.8 Å². The summed E-state index contributed by atoms with van der Waals surface area (Å²) in [5.41, 5.74) is 1.98. The molecule has 4 rings (SSSR count). The van der Waals surface area contributed by atoms with E-state index < -0.39 is 11.6 Å². The number of hydrogen-bond acceptors (Lipinski definition) is 5. The van der Waals surface area contributed by atoms with E-state index in [9.17, 15) is 14.7 Å². The number of pyridine rings is 2. The highest BCUT2D eigenvalue weighted by Crippen LogP contribution is 2.35. The molecule has 0 spiro atoms. The Hall–Kier alpha value is -3.72. The number of fused-ring (bicyclic) bond motifs is 1.